The number of aryl methyl sites for hydroxylation is 1. The maximum absolute atomic E-state index is 12.6. The summed E-state index contributed by atoms with van der Waals surface area (Å²) in [5.41, 5.74) is 5.83. The number of pyridine rings is 2. The Bertz CT molecular complexity index is 1240. The van der Waals surface area contributed by atoms with Crippen molar-refractivity contribution in [2.45, 2.75) is 38.4 Å². The fraction of sp³-hybridized carbons (Fsp3) is 0.280. The van der Waals surface area contributed by atoms with E-state index in [-0.39, 0.29) is 5.91 Å². The average Bonchev–Trinajstić information content (AvgIpc) is 3.24. The molecule has 1 aromatic carbocycles. The lowest BCUT2D eigenvalue weighted by molar-refractivity contribution is 0.0951. The normalized spacial score (nSPS) is 15.6. The minimum atomic E-state index is -0.117. The van der Waals surface area contributed by atoms with Crippen LogP contribution in [-0.2, 0) is 19.5 Å². The Morgan fingerprint density at radius 1 is 1.22 bits per heavy atom. The summed E-state index contributed by atoms with van der Waals surface area (Å²) in [5, 5.41) is 2.94. The molecule has 1 amide bonds. The maximum Gasteiger partial charge on any atom is 0.251 e. The number of H-pyrrole nitrogens is 1. The van der Waals surface area contributed by atoms with E-state index in [1.165, 1.54) is 17.7 Å². The van der Waals surface area contributed by atoms with Gasteiger partial charge in [0.25, 0.3) is 5.91 Å². The van der Waals surface area contributed by atoms with Gasteiger partial charge in [-0.25, -0.2) is 4.98 Å². The van der Waals surface area contributed by atoms with Crippen molar-refractivity contribution in [1.29, 1.82) is 0 Å². The lowest BCUT2D eigenvalue weighted by Crippen LogP contribution is -2.28. The highest BCUT2D eigenvalue weighted by Crippen LogP contribution is 2.32. The number of hydrogen-bond acceptors (Lipinski definition) is 5. The van der Waals surface area contributed by atoms with E-state index < -0.39 is 0 Å². The number of amides is 1. The van der Waals surface area contributed by atoms with Gasteiger partial charge in [0.1, 0.15) is 5.82 Å². The van der Waals surface area contributed by atoms with Crippen LogP contribution in [0.15, 0.2) is 61.1 Å². The molecule has 7 heteroatoms. The van der Waals surface area contributed by atoms with E-state index in [1.807, 2.05) is 42.6 Å². The van der Waals surface area contributed by atoms with Gasteiger partial charge in [0.2, 0.25) is 0 Å². The summed E-state index contributed by atoms with van der Waals surface area (Å²) in [6.07, 6.45) is 8.72. The van der Waals surface area contributed by atoms with Crippen molar-refractivity contribution in [3.63, 3.8) is 0 Å². The number of nitrogens with one attached hydrogen (secondary N) is 2. The monoisotopic (exact) mass is 426 g/mol. The third-order valence-corrected chi connectivity index (χ3v) is 6.07. The molecular weight excluding hydrogens is 400 g/mol. The molecule has 0 fully saturated rings. The first-order valence-electron chi connectivity index (χ1n) is 11.0. The van der Waals surface area contributed by atoms with Crippen molar-refractivity contribution in [2.75, 3.05) is 7.05 Å². The van der Waals surface area contributed by atoms with E-state index in [9.17, 15) is 4.79 Å². The first kappa shape index (κ1) is 20.3. The predicted molar refractivity (Wildman–Crippen MR) is 123 cm³/mol. The van der Waals surface area contributed by atoms with Crippen molar-refractivity contribution in [1.82, 2.24) is 30.2 Å². The Labute approximate surface area is 186 Å². The molecule has 4 aromatic rings. The molecule has 1 aliphatic rings. The van der Waals surface area contributed by atoms with Gasteiger partial charge < -0.3 is 10.3 Å². The van der Waals surface area contributed by atoms with Crippen LogP contribution in [0.1, 0.15) is 51.9 Å². The van der Waals surface area contributed by atoms with Crippen LogP contribution in [0.4, 0.5) is 0 Å². The van der Waals surface area contributed by atoms with Gasteiger partial charge in [-0.05, 0) is 67.8 Å². The molecule has 0 saturated heterocycles. The molecule has 2 N–H and O–H groups in total. The predicted octanol–water partition coefficient (Wildman–Crippen LogP) is 3.79. The van der Waals surface area contributed by atoms with Gasteiger partial charge in [-0.1, -0.05) is 12.1 Å². The van der Waals surface area contributed by atoms with Crippen molar-refractivity contribution < 1.29 is 4.79 Å². The van der Waals surface area contributed by atoms with Crippen LogP contribution in [-0.4, -0.2) is 37.8 Å². The standard InChI is InChI=1S/C25H26N6O/c1-31(22-8-2-6-18-7-4-12-27-24(18)22)16-23-29-20-10-9-19(13-21(20)30-23)25(32)28-15-17-5-3-11-26-14-17/h3-5,7,9-14,22H,2,6,8,15-16H2,1H3,(H,28,32)(H,29,30). The topological polar surface area (TPSA) is 86.8 Å². The number of carbonyl (C=O) groups excluding carboxylic acids is 1. The van der Waals surface area contributed by atoms with Gasteiger partial charge in [-0.15, -0.1) is 0 Å². The van der Waals surface area contributed by atoms with Gasteiger partial charge in [-0.2, -0.15) is 0 Å². The van der Waals surface area contributed by atoms with Crippen LogP contribution in [0.5, 0.6) is 0 Å². The number of benzene rings is 1. The Kier molecular flexibility index (Phi) is 5.64. The number of fused-ring (bicyclic) bond motifs is 2. The van der Waals surface area contributed by atoms with Gasteiger partial charge in [0, 0.05) is 30.7 Å². The van der Waals surface area contributed by atoms with E-state index >= 15 is 0 Å². The molecule has 162 valence electrons. The highest BCUT2D eigenvalue weighted by molar-refractivity contribution is 5.97. The van der Waals surface area contributed by atoms with Crippen LogP contribution in [0.3, 0.4) is 0 Å². The molecule has 1 unspecified atom stereocenters. The van der Waals surface area contributed by atoms with Crippen LogP contribution < -0.4 is 5.32 Å². The molecule has 3 aromatic heterocycles. The van der Waals surface area contributed by atoms with Crippen LogP contribution in [0.25, 0.3) is 11.0 Å². The fourth-order valence-electron chi connectivity index (χ4n) is 4.43. The van der Waals surface area contributed by atoms with E-state index in [4.69, 9.17) is 4.98 Å². The number of aromatic nitrogens is 4. The summed E-state index contributed by atoms with van der Waals surface area (Å²) in [6, 6.07) is 13.9. The molecule has 0 aliphatic heterocycles. The van der Waals surface area contributed by atoms with Gasteiger partial charge in [-0.3, -0.25) is 19.7 Å². The summed E-state index contributed by atoms with van der Waals surface area (Å²) < 4.78 is 0. The van der Waals surface area contributed by atoms with Crippen molar-refractivity contribution in [3.05, 3.63) is 89.3 Å². The first-order chi connectivity index (χ1) is 15.7. The van der Waals surface area contributed by atoms with Crippen LogP contribution >= 0.6 is 0 Å². The molecule has 0 radical (unpaired) electrons. The molecule has 3 heterocycles. The molecule has 0 bridgehead atoms. The third-order valence-electron chi connectivity index (χ3n) is 6.07. The maximum atomic E-state index is 12.6. The number of rotatable bonds is 6. The quantitative estimate of drug-likeness (QED) is 0.490. The minimum Gasteiger partial charge on any atom is -0.348 e. The molecule has 5 rings (SSSR count). The number of imidazole rings is 1. The Hall–Kier alpha value is -3.58. The Morgan fingerprint density at radius 3 is 3.00 bits per heavy atom. The van der Waals surface area contributed by atoms with Gasteiger partial charge in [0.15, 0.2) is 0 Å². The molecule has 0 spiro atoms. The van der Waals surface area contributed by atoms with E-state index in [1.54, 1.807) is 12.4 Å². The second-order valence-corrected chi connectivity index (χ2v) is 8.33. The molecule has 0 saturated carbocycles. The molecular formula is C25H26N6O. The highest BCUT2D eigenvalue weighted by Gasteiger charge is 2.25. The fourth-order valence-corrected chi connectivity index (χ4v) is 4.43. The summed E-state index contributed by atoms with van der Waals surface area (Å²) >= 11 is 0. The lowest BCUT2D eigenvalue weighted by Gasteiger charge is -2.31. The van der Waals surface area contributed by atoms with E-state index in [2.05, 4.69) is 38.3 Å². The number of carbonyl (C=O) groups is 1. The van der Waals surface area contributed by atoms with Crippen LogP contribution in [0.2, 0.25) is 0 Å². The SMILES string of the molecule is CN(Cc1nc2ccc(C(=O)NCc3cccnc3)cc2[nH]1)C1CCCc2cccnc21. The Balaban J connectivity index is 1.28. The zero-order valence-electron chi connectivity index (χ0n) is 18.1. The molecule has 32 heavy (non-hydrogen) atoms. The van der Waals surface area contributed by atoms with Crippen molar-refractivity contribution in [2.24, 2.45) is 0 Å². The third kappa shape index (κ3) is 4.24. The number of aromatic amines is 1. The highest BCUT2D eigenvalue weighted by atomic mass is 16.1. The van der Waals surface area contributed by atoms with Crippen molar-refractivity contribution in [3.8, 4) is 0 Å². The zero-order valence-corrected chi connectivity index (χ0v) is 18.1. The van der Waals surface area contributed by atoms with Gasteiger partial charge >= 0.3 is 0 Å². The summed E-state index contributed by atoms with van der Waals surface area (Å²) in [7, 11) is 2.12. The minimum absolute atomic E-state index is 0.117. The summed E-state index contributed by atoms with van der Waals surface area (Å²) in [6.45, 7) is 1.14. The smallest absolute Gasteiger partial charge is 0.251 e. The number of nitrogens with zero attached hydrogens (tertiary/aromatic N) is 4. The number of hydrogen-bond donors (Lipinski definition) is 2. The second-order valence-electron chi connectivity index (χ2n) is 8.33. The van der Waals surface area contributed by atoms with Gasteiger partial charge in [0.05, 0.1) is 29.3 Å². The first-order valence-corrected chi connectivity index (χ1v) is 11.0. The summed E-state index contributed by atoms with van der Waals surface area (Å²) in [5.74, 6) is 0.771. The molecule has 1 aliphatic carbocycles. The summed E-state index contributed by atoms with van der Waals surface area (Å²) in [4.78, 5) is 31.8. The Morgan fingerprint density at radius 2 is 2.12 bits per heavy atom. The molecule has 1 atom stereocenters. The van der Waals surface area contributed by atoms with E-state index in [0.29, 0.717) is 24.7 Å². The molecule has 7 nitrogen and oxygen atoms in total. The van der Waals surface area contributed by atoms with Crippen molar-refractivity contribution >= 4 is 16.9 Å². The lowest BCUT2D eigenvalue weighted by atomic mass is 9.91. The zero-order chi connectivity index (χ0) is 21.9. The second kappa shape index (κ2) is 8.88. The average molecular weight is 427 g/mol. The van der Waals surface area contributed by atoms with E-state index in [0.717, 1.165) is 35.3 Å². The largest absolute Gasteiger partial charge is 0.348 e. The van der Waals surface area contributed by atoms with Crippen LogP contribution in [0, 0.1) is 0 Å².